The van der Waals surface area contributed by atoms with Gasteiger partial charge in [-0.3, -0.25) is 13.7 Å². The maximum atomic E-state index is 13.9. The van der Waals surface area contributed by atoms with Crippen molar-refractivity contribution in [1.29, 1.82) is 0 Å². The number of aromatic carboxylic acids is 2. The summed E-state index contributed by atoms with van der Waals surface area (Å²) < 4.78 is 127. The first-order valence-electron chi connectivity index (χ1n) is 27.1. The van der Waals surface area contributed by atoms with E-state index in [1.165, 1.54) is 42.5 Å². The monoisotopic (exact) mass is 1320 g/mol. The number of carbonyl (C=O) groups is 3. The quantitative estimate of drug-likeness (QED) is 0.00841. The van der Waals surface area contributed by atoms with E-state index in [1.807, 2.05) is 0 Å². The van der Waals surface area contributed by atoms with Gasteiger partial charge in [0.05, 0.1) is 100 Å². The fourth-order valence-electron chi connectivity index (χ4n) is 8.03. The molecule has 0 aromatic heterocycles. The van der Waals surface area contributed by atoms with Crippen molar-refractivity contribution in [2.24, 2.45) is 40.9 Å². The Labute approximate surface area is 522 Å². The lowest BCUT2D eigenvalue weighted by molar-refractivity contribution is 0.0686. The molecule has 0 fully saturated rings. The fraction of sp³-hybridized carbons (Fsp3) is 0.316. The molecule has 29 nitrogen and oxygen atoms in total. The van der Waals surface area contributed by atoms with Crippen LogP contribution in [0.3, 0.4) is 0 Å². The van der Waals surface area contributed by atoms with Crippen molar-refractivity contribution >= 4 is 117 Å². The maximum Gasteiger partial charge on any atom is 0.338 e. The lowest BCUT2D eigenvalue weighted by Gasteiger charge is -2.17. The summed E-state index contributed by atoms with van der Waals surface area (Å²) in [6.45, 7) is 10.2. The number of azo groups is 4. The van der Waals surface area contributed by atoms with Crippen molar-refractivity contribution < 1.29 is 87.0 Å². The van der Waals surface area contributed by atoms with Crippen molar-refractivity contribution in [2.45, 2.75) is 67.2 Å². The molecule has 0 spiro atoms. The molecule has 2 amide bonds. The van der Waals surface area contributed by atoms with Gasteiger partial charge >= 0.3 is 18.0 Å². The van der Waals surface area contributed by atoms with Crippen LogP contribution in [0.25, 0.3) is 0 Å². The number of hydrogen-bond donors (Lipinski definition) is 8. The smallest absolute Gasteiger partial charge is 0.338 e. The molecule has 0 radical (unpaired) electrons. The van der Waals surface area contributed by atoms with Gasteiger partial charge in [-0.25, -0.2) is 14.4 Å². The van der Waals surface area contributed by atoms with Crippen molar-refractivity contribution in [1.82, 2.24) is 0 Å². The van der Waals surface area contributed by atoms with Gasteiger partial charge in [0.1, 0.15) is 34.4 Å². The van der Waals surface area contributed by atoms with E-state index in [0.29, 0.717) is 91.7 Å². The molecule has 6 rings (SSSR count). The van der Waals surface area contributed by atoms with E-state index < -0.39 is 65.6 Å². The molecule has 0 saturated carbocycles. The molecule has 0 aliphatic heterocycles. The number of ether oxygens (including phenoxy) is 4. The van der Waals surface area contributed by atoms with Crippen LogP contribution < -0.4 is 29.6 Å². The average molecular weight is 1320 g/mol. The largest absolute Gasteiger partial charge is 0.494 e. The van der Waals surface area contributed by atoms with Gasteiger partial charge in [-0.15, -0.1) is 10.2 Å². The van der Waals surface area contributed by atoms with Crippen LogP contribution in [0.15, 0.2) is 126 Å². The van der Waals surface area contributed by atoms with Crippen molar-refractivity contribution in [3.8, 4) is 23.0 Å². The highest BCUT2D eigenvalue weighted by atomic mass is 32.2. The lowest BCUT2D eigenvalue weighted by Crippen LogP contribution is -2.21. The van der Waals surface area contributed by atoms with Crippen molar-refractivity contribution in [3.63, 3.8) is 0 Å². The number of hydrogen-bond acceptors (Lipinski definition) is 23. The van der Waals surface area contributed by atoms with Crippen molar-refractivity contribution in [3.05, 3.63) is 129 Å². The van der Waals surface area contributed by atoms with E-state index in [1.54, 1.807) is 84.0 Å². The number of urea groups is 1. The van der Waals surface area contributed by atoms with Gasteiger partial charge in [0.15, 0.2) is 0 Å². The number of carboxylic acids is 2. The first-order chi connectivity index (χ1) is 42.4. The lowest BCUT2D eigenvalue weighted by atomic mass is 10.1. The van der Waals surface area contributed by atoms with Crippen LogP contribution >= 0.6 is 12.0 Å². The number of nitrogens with one attached hydrogen (secondary N) is 2. The molecule has 0 saturated heterocycles. The normalized spacial score (nSPS) is 12.1. The predicted molar refractivity (Wildman–Crippen MR) is 335 cm³/mol. The second kappa shape index (κ2) is 32.1. The number of amides is 2. The van der Waals surface area contributed by atoms with E-state index in [2.05, 4.69) is 51.5 Å². The van der Waals surface area contributed by atoms with Crippen LogP contribution in [-0.4, -0.2) is 121 Å². The van der Waals surface area contributed by atoms with Crippen LogP contribution in [0.1, 0.15) is 79.8 Å². The predicted octanol–water partition coefficient (Wildman–Crippen LogP) is 14.2. The third-order valence-electron chi connectivity index (χ3n) is 12.7. The molecule has 8 N–H and O–H groups in total. The number of aryl methyl sites for hydroxylation is 6. The second-order valence-corrected chi connectivity index (χ2v) is 25.3. The summed E-state index contributed by atoms with van der Waals surface area (Å²) in [4.78, 5) is 38.2. The number of carboxylic acid groups (broad SMARTS) is 2. The molecule has 90 heavy (non-hydrogen) atoms. The zero-order valence-corrected chi connectivity index (χ0v) is 52.5. The Bertz CT molecular complexity index is 4130. The summed E-state index contributed by atoms with van der Waals surface area (Å²) in [5, 5.41) is 60.2. The minimum absolute atomic E-state index is 0.00856. The van der Waals surface area contributed by atoms with Crippen LogP contribution in [-0.2, 0) is 30.4 Å². The van der Waals surface area contributed by atoms with Gasteiger partial charge in [-0.2, -0.15) is 55.9 Å². The van der Waals surface area contributed by atoms with E-state index in [-0.39, 0.29) is 103 Å². The highest BCUT2D eigenvalue weighted by molar-refractivity contribution is 7.93. The molecular weight excluding hydrogens is 1260 g/mol. The van der Waals surface area contributed by atoms with Gasteiger partial charge in [-0.1, -0.05) is 0 Å². The average Bonchev–Trinajstić information content (AvgIpc) is 0.992. The van der Waals surface area contributed by atoms with Crippen LogP contribution in [0, 0.1) is 41.5 Å². The van der Waals surface area contributed by atoms with Gasteiger partial charge in [0.2, 0.25) is 0 Å². The Morgan fingerprint density at radius 2 is 0.700 bits per heavy atom. The Balaban J connectivity index is 1.20. The van der Waals surface area contributed by atoms with Gasteiger partial charge in [0.25, 0.3) is 30.4 Å². The zero-order chi connectivity index (χ0) is 65.9. The van der Waals surface area contributed by atoms with Gasteiger partial charge in [0, 0.05) is 17.9 Å². The minimum atomic E-state index is -4.33. The van der Waals surface area contributed by atoms with Crippen molar-refractivity contribution in [2.75, 3.05) is 60.1 Å². The Morgan fingerprint density at radius 3 is 1.01 bits per heavy atom. The zero-order valence-electron chi connectivity index (χ0n) is 49.3. The first-order valence-corrected chi connectivity index (χ1v) is 32.9. The number of carbonyl (C=O) groups excluding carboxylic acids is 1. The van der Waals surface area contributed by atoms with Crippen LogP contribution in [0.5, 0.6) is 23.0 Å². The molecule has 0 bridgehead atoms. The molecular formula is C57H64N10O19S4. The topological polar surface area (TPSA) is 435 Å². The number of rotatable bonds is 32. The highest BCUT2D eigenvalue weighted by Gasteiger charge is 2.19. The summed E-state index contributed by atoms with van der Waals surface area (Å²) in [5.74, 6) is -3.38. The van der Waals surface area contributed by atoms with E-state index in [0.717, 1.165) is 0 Å². The van der Waals surface area contributed by atoms with Gasteiger partial charge in [-0.05, 0) is 185 Å². The first kappa shape index (κ1) is 70.3. The van der Waals surface area contributed by atoms with Crippen LogP contribution in [0.2, 0.25) is 0 Å². The molecule has 6 aromatic rings. The van der Waals surface area contributed by atoms with E-state index in [9.17, 15) is 59.0 Å². The summed E-state index contributed by atoms with van der Waals surface area (Å²) in [7, 11) is -12.7. The Hall–Kier alpha value is -8.83. The molecule has 0 heterocycles. The SMILES string of the molecule is Cc1cc(N=Nc2ccc(OCCCS(=O)(=O)O)cc2C(=O)O)c(C)cc1N=Nc1cc(OCCCSO)c(NC(=O)Nc2cc(C)c(N=Nc3cc(C)c(N=Nc4ccc(OCCCS(=O)(=O)O)cc4C(=O)O)cc3C)cc2OCCCS(=O)(=O)O)cc1C. The number of nitrogens with zero attached hydrogens (tertiary/aromatic N) is 8. The van der Waals surface area contributed by atoms with Crippen LogP contribution in [0.4, 0.5) is 61.7 Å². The molecule has 0 unspecified atom stereocenters. The summed E-state index contributed by atoms with van der Waals surface area (Å²) >= 11 is 0.636. The third kappa shape index (κ3) is 22.3. The maximum absolute atomic E-state index is 13.9. The van der Waals surface area contributed by atoms with Gasteiger partial charge < -0.3 is 44.3 Å². The Kier molecular flexibility index (Phi) is 25.0. The molecule has 480 valence electrons. The molecule has 0 aliphatic rings. The molecule has 0 aliphatic carbocycles. The molecule has 0 atom stereocenters. The third-order valence-corrected chi connectivity index (χ3v) is 15.5. The van der Waals surface area contributed by atoms with E-state index in [4.69, 9.17) is 28.1 Å². The number of benzene rings is 6. The summed E-state index contributed by atoms with van der Waals surface area (Å²) in [5.41, 5.74) is 5.80. The molecule has 33 heteroatoms. The fourth-order valence-corrected chi connectivity index (χ4v) is 9.73. The summed E-state index contributed by atoms with van der Waals surface area (Å²) in [6.07, 6.45) is 0.260. The molecule has 6 aromatic carbocycles. The minimum Gasteiger partial charge on any atom is -0.494 e. The summed E-state index contributed by atoms with van der Waals surface area (Å²) in [6, 6.07) is 20.4. The standard InChI is InChI=1S/C57H64N10O19S4/c1-33-25-47(35(3)23-45(33)62-60-43-13-11-39(29-41(43)55(68)69)83-16-8-20-88(74,75)76)64-66-49-31-53(85-15-7-19-87-73)51(27-37(49)5)58-57(72)59-52-28-38(6)50(32-54(52)86-18-10-22-90(80,81)82)67-65-48-26-34(2)46(24-36(48)4)63-61-44-14-12-40(30-42(44)56(70)71)84-17-9-21-89(77,78)79/h11-14,23-32,73H,7-10,15-22H2,1-6H3,(H,68,69)(H,70,71)(H2,58,59,72)(H,74,75,76)(H,77,78,79)(H,80,81,82). The highest BCUT2D eigenvalue weighted by Crippen LogP contribution is 2.40. The van der Waals surface area contributed by atoms with E-state index >= 15 is 0 Å². The number of anilines is 2. The second-order valence-electron chi connectivity index (χ2n) is 20.0. The Morgan fingerprint density at radius 1 is 0.411 bits per heavy atom.